The fraction of sp³-hybridized carbons (Fsp3) is 0.0476. The molecule has 0 amide bonds. The standard InChI is InChI=1S/C21H13ClN2O2S2/c22-13-6-8-16-15(9-13)24(11-20(25)26)19(28-16)10-18-23-21-14-4-2-1-3-12(14)5-7-17(21)27-18/h1-10H,11H2,(H,25,26)/b19-10-. The number of fused-ring (bicyclic) bond motifs is 4. The SMILES string of the molecule is O=C(O)CN1/C(=C/c2nc3c(ccc4ccccc43)s2)Sc2ccc(Cl)cc21. The summed E-state index contributed by atoms with van der Waals surface area (Å²) in [5.41, 5.74) is 1.79. The van der Waals surface area contributed by atoms with E-state index in [0.29, 0.717) is 5.02 Å². The first kappa shape index (κ1) is 17.6. The third kappa shape index (κ3) is 3.03. The molecule has 0 saturated heterocycles. The van der Waals surface area contributed by atoms with Gasteiger partial charge in [-0.15, -0.1) is 11.3 Å². The summed E-state index contributed by atoms with van der Waals surface area (Å²) in [6, 6.07) is 17.9. The van der Waals surface area contributed by atoms with E-state index < -0.39 is 5.97 Å². The van der Waals surface area contributed by atoms with Crippen LogP contribution in [0.2, 0.25) is 5.02 Å². The Balaban J connectivity index is 1.61. The Kier molecular flexibility index (Phi) is 4.27. The molecule has 138 valence electrons. The fourth-order valence-corrected chi connectivity index (χ4v) is 5.57. The number of aromatic nitrogens is 1. The smallest absolute Gasteiger partial charge is 0.323 e. The first-order valence-electron chi connectivity index (χ1n) is 8.55. The van der Waals surface area contributed by atoms with Crippen LogP contribution in [0, 0.1) is 0 Å². The normalized spacial score (nSPS) is 14.9. The van der Waals surface area contributed by atoms with Crippen molar-refractivity contribution in [2.24, 2.45) is 0 Å². The molecule has 28 heavy (non-hydrogen) atoms. The van der Waals surface area contributed by atoms with E-state index in [1.54, 1.807) is 22.3 Å². The van der Waals surface area contributed by atoms with Gasteiger partial charge in [-0.25, -0.2) is 4.98 Å². The summed E-state index contributed by atoms with van der Waals surface area (Å²) in [7, 11) is 0. The Morgan fingerprint density at radius 3 is 2.89 bits per heavy atom. The Bertz CT molecular complexity index is 1280. The van der Waals surface area contributed by atoms with Crippen LogP contribution in [-0.4, -0.2) is 22.6 Å². The van der Waals surface area contributed by atoms with Gasteiger partial charge in [0.25, 0.3) is 0 Å². The molecule has 0 aliphatic carbocycles. The quantitative estimate of drug-likeness (QED) is 0.430. The highest BCUT2D eigenvalue weighted by Gasteiger charge is 2.27. The summed E-state index contributed by atoms with van der Waals surface area (Å²) in [6.07, 6.45) is 1.96. The van der Waals surface area contributed by atoms with Crippen LogP contribution in [0.15, 0.2) is 64.5 Å². The van der Waals surface area contributed by atoms with Crippen LogP contribution in [0.3, 0.4) is 0 Å². The number of aliphatic carboxylic acids is 1. The van der Waals surface area contributed by atoms with E-state index in [1.165, 1.54) is 11.8 Å². The molecule has 7 heteroatoms. The van der Waals surface area contributed by atoms with Crippen molar-refractivity contribution in [1.82, 2.24) is 4.98 Å². The van der Waals surface area contributed by atoms with E-state index in [1.807, 2.05) is 30.3 Å². The van der Waals surface area contributed by atoms with Crippen molar-refractivity contribution in [3.05, 3.63) is 69.7 Å². The Morgan fingerprint density at radius 1 is 1.18 bits per heavy atom. The van der Waals surface area contributed by atoms with Crippen LogP contribution >= 0.6 is 34.7 Å². The third-order valence-corrected chi connectivity index (χ3v) is 6.85. The minimum absolute atomic E-state index is 0.125. The molecule has 1 aromatic heterocycles. The molecular weight excluding hydrogens is 412 g/mol. The zero-order valence-corrected chi connectivity index (χ0v) is 16.8. The number of benzene rings is 3. The van der Waals surface area contributed by atoms with Crippen molar-refractivity contribution in [2.45, 2.75) is 4.90 Å². The fourth-order valence-electron chi connectivity index (χ4n) is 3.33. The second kappa shape index (κ2) is 6.81. The van der Waals surface area contributed by atoms with E-state index in [4.69, 9.17) is 16.6 Å². The van der Waals surface area contributed by atoms with Gasteiger partial charge >= 0.3 is 5.97 Å². The van der Waals surface area contributed by atoms with Crippen molar-refractivity contribution in [3.63, 3.8) is 0 Å². The van der Waals surface area contributed by atoms with Gasteiger partial charge < -0.3 is 10.0 Å². The average molecular weight is 425 g/mol. The molecular formula is C21H13ClN2O2S2. The van der Waals surface area contributed by atoms with Gasteiger partial charge in [-0.2, -0.15) is 0 Å². The Morgan fingerprint density at radius 2 is 2.04 bits per heavy atom. The molecule has 1 N–H and O–H groups in total. The van der Waals surface area contributed by atoms with Crippen LogP contribution < -0.4 is 4.90 Å². The number of carboxylic acid groups (broad SMARTS) is 1. The van der Waals surface area contributed by atoms with E-state index in [2.05, 4.69) is 24.3 Å². The van der Waals surface area contributed by atoms with E-state index >= 15 is 0 Å². The van der Waals surface area contributed by atoms with Crippen molar-refractivity contribution in [1.29, 1.82) is 0 Å². The van der Waals surface area contributed by atoms with Crippen LogP contribution in [0.5, 0.6) is 0 Å². The van der Waals surface area contributed by atoms with Crippen molar-refractivity contribution in [2.75, 3.05) is 11.4 Å². The lowest BCUT2D eigenvalue weighted by molar-refractivity contribution is -0.135. The number of thiazole rings is 1. The molecule has 1 aliphatic heterocycles. The maximum Gasteiger partial charge on any atom is 0.323 e. The molecule has 0 unspecified atom stereocenters. The predicted octanol–water partition coefficient (Wildman–Crippen LogP) is 6.10. The van der Waals surface area contributed by atoms with Crippen LogP contribution in [0.1, 0.15) is 5.01 Å². The number of hydrogen-bond acceptors (Lipinski definition) is 5. The zero-order chi connectivity index (χ0) is 19.3. The van der Waals surface area contributed by atoms with Gasteiger partial charge in [0.05, 0.1) is 20.9 Å². The van der Waals surface area contributed by atoms with Gasteiger partial charge in [-0.1, -0.05) is 53.7 Å². The summed E-state index contributed by atoms with van der Waals surface area (Å²) in [5, 5.41) is 13.9. The lowest BCUT2D eigenvalue weighted by Gasteiger charge is -2.17. The minimum Gasteiger partial charge on any atom is -0.480 e. The number of rotatable bonds is 3. The summed E-state index contributed by atoms with van der Waals surface area (Å²) >= 11 is 9.26. The molecule has 5 rings (SSSR count). The van der Waals surface area contributed by atoms with E-state index in [-0.39, 0.29) is 6.54 Å². The van der Waals surface area contributed by atoms with Crippen molar-refractivity contribution < 1.29 is 9.90 Å². The lowest BCUT2D eigenvalue weighted by atomic mass is 10.1. The van der Waals surface area contributed by atoms with Crippen molar-refractivity contribution in [3.8, 4) is 0 Å². The van der Waals surface area contributed by atoms with Crippen LogP contribution in [0.4, 0.5) is 5.69 Å². The van der Waals surface area contributed by atoms with Gasteiger partial charge in [0, 0.05) is 21.4 Å². The molecule has 0 radical (unpaired) electrons. The number of thioether (sulfide) groups is 1. The number of nitrogens with zero attached hydrogens (tertiary/aromatic N) is 2. The van der Waals surface area contributed by atoms with Crippen LogP contribution in [0.25, 0.3) is 27.1 Å². The monoisotopic (exact) mass is 424 g/mol. The second-order valence-electron chi connectivity index (χ2n) is 6.36. The first-order chi connectivity index (χ1) is 13.6. The lowest BCUT2D eigenvalue weighted by Crippen LogP contribution is -2.25. The predicted molar refractivity (Wildman–Crippen MR) is 117 cm³/mol. The van der Waals surface area contributed by atoms with Gasteiger partial charge in [-0.3, -0.25) is 4.79 Å². The third-order valence-electron chi connectivity index (χ3n) is 4.53. The number of hydrogen-bond donors (Lipinski definition) is 1. The minimum atomic E-state index is -0.894. The molecule has 0 fully saturated rings. The summed E-state index contributed by atoms with van der Waals surface area (Å²) in [5.74, 6) is -0.894. The molecule has 4 nitrogen and oxygen atoms in total. The maximum absolute atomic E-state index is 11.4. The summed E-state index contributed by atoms with van der Waals surface area (Å²) in [6.45, 7) is -0.125. The summed E-state index contributed by atoms with van der Waals surface area (Å²) < 4.78 is 1.11. The molecule has 0 atom stereocenters. The molecule has 0 bridgehead atoms. The number of carboxylic acids is 1. The number of anilines is 1. The highest BCUT2D eigenvalue weighted by atomic mass is 35.5. The largest absolute Gasteiger partial charge is 0.480 e. The zero-order valence-electron chi connectivity index (χ0n) is 14.4. The van der Waals surface area contributed by atoms with Gasteiger partial charge in [0.15, 0.2) is 0 Å². The highest BCUT2D eigenvalue weighted by molar-refractivity contribution is 8.03. The van der Waals surface area contributed by atoms with Gasteiger partial charge in [0.1, 0.15) is 11.6 Å². The van der Waals surface area contributed by atoms with E-state index in [9.17, 15) is 9.90 Å². The molecule has 4 aromatic rings. The molecule has 3 aromatic carbocycles. The van der Waals surface area contributed by atoms with Gasteiger partial charge in [0.2, 0.25) is 0 Å². The Hall–Kier alpha value is -2.54. The second-order valence-corrected chi connectivity index (χ2v) is 8.92. The Labute approximate surface area is 174 Å². The maximum atomic E-state index is 11.4. The van der Waals surface area contributed by atoms with Crippen molar-refractivity contribution >= 4 is 73.4 Å². The number of carbonyl (C=O) groups is 1. The topological polar surface area (TPSA) is 53.4 Å². The molecule has 2 heterocycles. The molecule has 1 aliphatic rings. The molecule has 0 saturated carbocycles. The first-order valence-corrected chi connectivity index (χ1v) is 10.6. The number of halogens is 1. The highest BCUT2D eigenvalue weighted by Crippen LogP contribution is 2.47. The summed E-state index contributed by atoms with van der Waals surface area (Å²) in [4.78, 5) is 19.0. The van der Waals surface area contributed by atoms with E-state index in [0.717, 1.165) is 41.6 Å². The average Bonchev–Trinajstić information content (AvgIpc) is 3.23. The molecule has 0 spiro atoms. The van der Waals surface area contributed by atoms with Gasteiger partial charge in [-0.05, 0) is 29.7 Å². The van der Waals surface area contributed by atoms with Crippen LogP contribution in [-0.2, 0) is 4.79 Å².